The molecule has 1 aromatic heterocycles. The molecule has 3 nitrogen and oxygen atoms in total. The first-order chi connectivity index (χ1) is 8.54. The number of benzene rings is 1. The molecule has 1 heterocycles. The van der Waals surface area contributed by atoms with Crippen molar-refractivity contribution in [2.24, 2.45) is 5.92 Å². The first kappa shape index (κ1) is 12.6. The van der Waals surface area contributed by atoms with Crippen molar-refractivity contribution in [3.05, 3.63) is 35.8 Å². The van der Waals surface area contributed by atoms with Crippen LogP contribution in [0.3, 0.4) is 0 Å². The molecule has 0 aliphatic heterocycles. The maximum atomic E-state index is 13.5. The number of esters is 1. The average molecular weight is 250 g/mol. The third-order valence-corrected chi connectivity index (χ3v) is 2.94. The van der Waals surface area contributed by atoms with Gasteiger partial charge in [-0.05, 0) is 18.1 Å². The van der Waals surface area contributed by atoms with Gasteiger partial charge in [0.15, 0.2) is 11.4 Å². The van der Waals surface area contributed by atoms with Crippen molar-refractivity contribution in [1.82, 2.24) is 0 Å². The first-order valence-corrected chi connectivity index (χ1v) is 5.80. The van der Waals surface area contributed by atoms with Crippen molar-refractivity contribution >= 4 is 16.9 Å². The highest BCUT2D eigenvalue weighted by molar-refractivity contribution is 5.83. The molecule has 0 saturated carbocycles. The second-order valence-electron chi connectivity index (χ2n) is 4.55. The molecule has 0 fully saturated rings. The van der Waals surface area contributed by atoms with Crippen molar-refractivity contribution in [3.63, 3.8) is 0 Å². The van der Waals surface area contributed by atoms with E-state index < -0.39 is 11.7 Å². The van der Waals surface area contributed by atoms with Gasteiger partial charge in [0.25, 0.3) is 0 Å². The lowest BCUT2D eigenvalue weighted by molar-refractivity contribution is -0.144. The predicted octanol–water partition coefficient (Wildman–Crippen LogP) is 3.48. The summed E-state index contributed by atoms with van der Waals surface area (Å²) < 4.78 is 23.8. The van der Waals surface area contributed by atoms with Crippen molar-refractivity contribution in [3.8, 4) is 0 Å². The molecule has 0 amide bonds. The molecule has 1 atom stereocenters. The normalized spacial score (nSPS) is 12.9. The molecule has 0 aliphatic rings. The van der Waals surface area contributed by atoms with E-state index in [1.165, 1.54) is 13.2 Å². The van der Waals surface area contributed by atoms with E-state index in [9.17, 15) is 9.18 Å². The van der Waals surface area contributed by atoms with Crippen LogP contribution in [0.5, 0.6) is 0 Å². The molecule has 0 bridgehead atoms. The van der Waals surface area contributed by atoms with Crippen LogP contribution < -0.4 is 0 Å². The van der Waals surface area contributed by atoms with Crippen LogP contribution in [0.4, 0.5) is 4.39 Å². The largest absolute Gasteiger partial charge is 0.468 e. The number of ether oxygens (including phenoxy) is 1. The summed E-state index contributed by atoms with van der Waals surface area (Å²) in [6.45, 7) is 3.79. The second-order valence-corrected chi connectivity index (χ2v) is 4.55. The smallest absolute Gasteiger partial charge is 0.316 e. The molecule has 0 saturated heterocycles. The van der Waals surface area contributed by atoms with Gasteiger partial charge in [0, 0.05) is 5.39 Å². The van der Waals surface area contributed by atoms with Gasteiger partial charge in [-0.2, -0.15) is 0 Å². The quantitative estimate of drug-likeness (QED) is 0.783. The molecule has 0 spiro atoms. The molecule has 0 radical (unpaired) electrons. The van der Waals surface area contributed by atoms with Crippen molar-refractivity contribution in [1.29, 1.82) is 0 Å². The number of para-hydroxylation sites is 1. The minimum atomic E-state index is -0.512. The lowest BCUT2D eigenvalue weighted by Crippen LogP contribution is -2.18. The van der Waals surface area contributed by atoms with Gasteiger partial charge in [-0.25, -0.2) is 4.39 Å². The third-order valence-electron chi connectivity index (χ3n) is 2.94. The zero-order chi connectivity index (χ0) is 13.3. The van der Waals surface area contributed by atoms with Crippen LogP contribution in [0.2, 0.25) is 0 Å². The Balaban J connectivity index is 2.52. The Morgan fingerprint density at radius 2 is 2.11 bits per heavy atom. The Morgan fingerprint density at radius 1 is 1.39 bits per heavy atom. The number of hydrogen-bond donors (Lipinski definition) is 0. The van der Waals surface area contributed by atoms with Crippen LogP contribution in [-0.4, -0.2) is 13.1 Å². The molecule has 2 rings (SSSR count). The number of carbonyl (C=O) groups is 1. The summed E-state index contributed by atoms with van der Waals surface area (Å²) in [7, 11) is 1.33. The fourth-order valence-electron chi connectivity index (χ4n) is 2.04. The van der Waals surface area contributed by atoms with Crippen LogP contribution in [0.15, 0.2) is 28.7 Å². The van der Waals surface area contributed by atoms with E-state index in [1.807, 2.05) is 13.8 Å². The summed E-state index contributed by atoms with van der Waals surface area (Å²) in [5.74, 6) is -0.851. The van der Waals surface area contributed by atoms with Crippen LogP contribution in [0, 0.1) is 11.7 Å². The van der Waals surface area contributed by atoms with Gasteiger partial charge in [-0.15, -0.1) is 0 Å². The molecule has 4 heteroatoms. The summed E-state index contributed by atoms with van der Waals surface area (Å²) in [6.07, 6.45) is 0. The van der Waals surface area contributed by atoms with Gasteiger partial charge >= 0.3 is 5.97 Å². The van der Waals surface area contributed by atoms with Gasteiger partial charge in [-0.1, -0.05) is 26.0 Å². The van der Waals surface area contributed by atoms with Crippen LogP contribution in [0.1, 0.15) is 25.5 Å². The van der Waals surface area contributed by atoms with E-state index in [2.05, 4.69) is 0 Å². The number of methoxy groups -OCH3 is 1. The minimum absolute atomic E-state index is 0.0149. The Morgan fingerprint density at radius 3 is 2.67 bits per heavy atom. The molecular formula is C14H15FO3. The molecule has 2 aromatic rings. The third kappa shape index (κ3) is 2.10. The topological polar surface area (TPSA) is 39.4 Å². The van der Waals surface area contributed by atoms with E-state index in [1.54, 1.807) is 18.2 Å². The Hall–Kier alpha value is -1.84. The lowest BCUT2D eigenvalue weighted by atomic mass is 9.93. The van der Waals surface area contributed by atoms with Crippen molar-refractivity contribution in [2.75, 3.05) is 7.11 Å². The SMILES string of the molecule is COC(=O)C(c1cc2cccc(F)c2o1)C(C)C. The standard InChI is InChI=1S/C14H15FO3/c1-8(2)12(14(16)17-3)11-7-9-5-4-6-10(15)13(9)18-11/h4-8,12H,1-3H3. The number of rotatable bonds is 3. The van der Waals surface area contributed by atoms with Gasteiger partial charge in [0.1, 0.15) is 11.7 Å². The zero-order valence-corrected chi connectivity index (χ0v) is 10.6. The molecule has 1 unspecified atom stereocenters. The van der Waals surface area contributed by atoms with Crippen LogP contribution >= 0.6 is 0 Å². The zero-order valence-electron chi connectivity index (χ0n) is 10.6. The van der Waals surface area contributed by atoms with Gasteiger partial charge in [-0.3, -0.25) is 4.79 Å². The van der Waals surface area contributed by atoms with E-state index in [-0.39, 0.29) is 17.5 Å². The summed E-state index contributed by atoms with van der Waals surface area (Å²) in [6, 6.07) is 6.39. The number of fused-ring (bicyclic) bond motifs is 1. The van der Waals surface area contributed by atoms with E-state index in [4.69, 9.17) is 9.15 Å². The van der Waals surface area contributed by atoms with Crippen LogP contribution in [0.25, 0.3) is 11.0 Å². The Kier molecular flexibility index (Phi) is 3.36. The summed E-state index contributed by atoms with van der Waals surface area (Å²) in [4.78, 5) is 11.7. The monoisotopic (exact) mass is 250 g/mol. The van der Waals surface area contributed by atoms with E-state index in [0.29, 0.717) is 11.1 Å². The maximum absolute atomic E-state index is 13.5. The highest BCUT2D eigenvalue weighted by atomic mass is 19.1. The maximum Gasteiger partial charge on any atom is 0.316 e. The predicted molar refractivity (Wildman–Crippen MR) is 65.8 cm³/mol. The Bertz CT molecular complexity index is 571. The number of hydrogen-bond acceptors (Lipinski definition) is 3. The highest BCUT2D eigenvalue weighted by Crippen LogP contribution is 2.31. The summed E-state index contributed by atoms with van der Waals surface area (Å²) in [5.41, 5.74) is 0.182. The summed E-state index contributed by atoms with van der Waals surface area (Å²) in [5, 5.41) is 0.652. The first-order valence-electron chi connectivity index (χ1n) is 5.80. The minimum Gasteiger partial charge on any atom is -0.468 e. The lowest BCUT2D eigenvalue weighted by Gasteiger charge is -2.15. The molecule has 96 valence electrons. The molecule has 0 N–H and O–H groups in total. The molecule has 1 aromatic carbocycles. The van der Waals surface area contributed by atoms with Crippen molar-refractivity contribution in [2.45, 2.75) is 19.8 Å². The fraction of sp³-hybridized carbons (Fsp3) is 0.357. The molecule has 18 heavy (non-hydrogen) atoms. The van der Waals surface area contributed by atoms with Crippen LogP contribution in [-0.2, 0) is 9.53 Å². The van der Waals surface area contributed by atoms with Gasteiger partial charge in [0.05, 0.1) is 7.11 Å². The molecular weight excluding hydrogens is 235 g/mol. The number of halogens is 1. The van der Waals surface area contributed by atoms with E-state index >= 15 is 0 Å². The second kappa shape index (κ2) is 4.80. The molecule has 0 aliphatic carbocycles. The van der Waals surface area contributed by atoms with Gasteiger partial charge < -0.3 is 9.15 Å². The number of carbonyl (C=O) groups excluding carboxylic acids is 1. The highest BCUT2D eigenvalue weighted by Gasteiger charge is 2.28. The van der Waals surface area contributed by atoms with Crippen molar-refractivity contribution < 1.29 is 18.3 Å². The number of furan rings is 1. The Labute approximate surface area is 105 Å². The van der Waals surface area contributed by atoms with E-state index in [0.717, 1.165) is 0 Å². The fourth-order valence-corrected chi connectivity index (χ4v) is 2.04. The summed E-state index contributed by atoms with van der Waals surface area (Å²) >= 11 is 0. The van der Waals surface area contributed by atoms with Gasteiger partial charge in [0.2, 0.25) is 0 Å². The average Bonchev–Trinajstić information content (AvgIpc) is 2.73.